The van der Waals surface area contributed by atoms with E-state index in [1.807, 2.05) is 24.7 Å². The number of aromatic nitrogens is 2. The summed E-state index contributed by atoms with van der Waals surface area (Å²) in [5, 5.41) is 0. The van der Waals surface area contributed by atoms with Gasteiger partial charge < -0.3 is 0 Å². The molecule has 0 spiro atoms. The fourth-order valence-corrected chi connectivity index (χ4v) is 5.28. The van der Waals surface area contributed by atoms with Crippen LogP contribution in [-0.2, 0) is 19.3 Å². The van der Waals surface area contributed by atoms with E-state index in [0.29, 0.717) is 0 Å². The van der Waals surface area contributed by atoms with Crippen LogP contribution >= 0.6 is 0 Å². The van der Waals surface area contributed by atoms with Gasteiger partial charge in [-0.15, -0.1) is 0 Å². The zero-order valence-electron chi connectivity index (χ0n) is 15.3. The molecule has 0 atom stereocenters. The molecule has 132 valence electrons. The highest BCUT2D eigenvalue weighted by Crippen LogP contribution is 2.53. The number of rotatable bonds is 0. The highest BCUT2D eigenvalue weighted by atomic mass is 15.2. The molecule has 28 heavy (non-hydrogen) atoms. The van der Waals surface area contributed by atoms with Crippen molar-refractivity contribution in [2.24, 2.45) is 0 Å². The van der Waals surface area contributed by atoms with Gasteiger partial charge in [0.25, 0.3) is 0 Å². The van der Waals surface area contributed by atoms with Crippen LogP contribution in [0, 0.1) is 0 Å². The molecular formula is C25H17N3. The van der Waals surface area contributed by atoms with Crippen LogP contribution in [0.25, 0.3) is 11.1 Å². The van der Waals surface area contributed by atoms with Crippen LogP contribution < -0.4 is 4.90 Å². The number of anilines is 3. The maximum Gasteiger partial charge on any atom is 0.141 e. The summed E-state index contributed by atoms with van der Waals surface area (Å²) >= 11 is 0. The van der Waals surface area contributed by atoms with E-state index in [9.17, 15) is 0 Å². The predicted molar refractivity (Wildman–Crippen MR) is 111 cm³/mol. The monoisotopic (exact) mass is 359 g/mol. The van der Waals surface area contributed by atoms with Gasteiger partial charge in [-0.2, -0.15) is 0 Å². The van der Waals surface area contributed by atoms with Crippen molar-refractivity contribution >= 4 is 17.2 Å². The summed E-state index contributed by atoms with van der Waals surface area (Å²) in [4.78, 5) is 11.7. The van der Waals surface area contributed by atoms with Gasteiger partial charge in [-0.25, -0.2) is 4.98 Å². The summed E-state index contributed by atoms with van der Waals surface area (Å²) in [6.45, 7) is 0. The lowest BCUT2D eigenvalue weighted by Gasteiger charge is -2.38. The van der Waals surface area contributed by atoms with E-state index < -0.39 is 0 Å². The molecular weight excluding hydrogens is 342 g/mol. The lowest BCUT2D eigenvalue weighted by atomic mass is 9.85. The number of nitrogens with zero attached hydrogens (tertiary/aromatic N) is 3. The topological polar surface area (TPSA) is 29.0 Å². The number of benzene rings is 2. The first kappa shape index (κ1) is 14.6. The zero-order chi connectivity index (χ0) is 18.2. The summed E-state index contributed by atoms with van der Waals surface area (Å²) in [7, 11) is 0. The third kappa shape index (κ3) is 1.74. The SMILES string of the molecule is c1ccc2c(c1)Cc1ccc3c(c1-2)Cc1cncc2c1N3c1ncccc1C2. The van der Waals surface area contributed by atoms with Gasteiger partial charge in [0.2, 0.25) is 0 Å². The number of hydrogen-bond donors (Lipinski definition) is 0. The number of hydrogen-bond acceptors (Lipinski definition) is 3. The highest BCUT2D eigenvalue weighted by molar-refractivity contribution is 5.93. The molecule has 2 aliphatic heterocycles. The Bertz CT molecular complexity index is 1310. The molecule has 0 unspecified atom stereocenters. The molecule has 3 heteroatoms. The van der Waals surface area contributed by atoms with Gasteiger partial charge >= 0.3 is 0 Å². The first-order valence-corrected chi connectivity index (χ1v) is 9.81. The Labute approximate surface area is 163 Å². The molecule has 7 rings (SSSR count). The summed E-state index contributed by atoms with van der Waals surface area (Å²) in [5.74, 6) is 1.06. The van der Waals surface area contributed by atoms with Crippen LogP contribution in [0.2, 0.25) is 0 Å². The van der Waals surface area contributed by atoms with Crippen LogP contribution in [0.4, 0.5) is 17.2 Å². The van der Waals surface area contributed by atoms with E-state index in [1.165, 1.54) is 55.9 Å². The van der Waals surface area contributed by atoms with Gasteiger partial charge in [0, 0.05) is 31.4 Å². The molecule has 3 aliphatic rings. The van der Waals surface area contributed by atoms with Gasteiger partial charge in [0.05, 0.1) is 11.4 Å². The van der Waals surface area contributed by atoms with E-state index in [0.717, 1.165) is 25.1 Å². The van der Waals surface area contributed by atoms with Crippen LogP contribution in [0.3, 0.4) is 0 Å². The summed E-state index contributed by atoms with van der Waals surface area (Å²) in [6, 6.07) is 17.7. The predicted octanol–water partition coefficient (Wildman–Crippen LogP) is 5.33. The van der Waals surface area contributed by atoms with E-state index in [4.69, 9.17) is 4.98 Å². The van der Waals surface area contributed by atoms with E-state index in [1.54, 1.807) is 0 Å². The van der Waals surface area contributed by atoms with Crippen LogP contribution in [0.1, 0.15) is 33.4 Å². The summed E-state index contributed by atoms with van der Waals surface area (Å²) in [6.07, 6.45) is 8.83. The largest absolute Gasteiger partial charge is 0.294 e. The van der Waals surface area contributed by atoms with E-state index in [-0.39, 0.29) is 0 Å². The molecule has 0 saturated heterocycles. The average molecular weight is 359 g/mol. The number of fused-ring (bicyclic) bond motifs is 8. The van der Waals surface area contributed by atoms with E-state index in [2.05, 4.69) is 52.3 Å². The third-order valence-corrected chi connectivity index (χ3v) is 6.40. The third-order valence-electron chi connectivity index (χ3n) is 6.40. The molecule has 0 N–H and O–H groups in total. The van der Waals surface area contributed by atoms with Crippen LogP contribution in [0.15, 0.2) is 67.1 Å². The fourth-order valence-electron chi connectivity index (χ4n) is 5.28. The Morgan fingerprint density at radius 3 is 2.50 bits per heavy atom. The second-order valence-corrected chi connectivity index (χ2v) is 7.91. The van der Waals surface area contributed by atoms with Crippen molar-refractivity contribution in [2.75, 3.05) is 4.90 Å². The summed E-state index contributed by atoms with van der Waals surface area (Å²) < 4.78 is 0. The standard InChI is InChI=1S/C25H17N3/c1-2-6-20-15(4-1)10-16-7-8-22-21(23(16)20)12-19-14-26-13-18-11-17-5-3-9-27-25(17)28(22)24(18)19/h1-9,13-14H,10-12H2. The van der Waals surface area contributed by atoms with Crippen molar-refractivity contribution in [1.29, 1.82) is 0 Å². The molecule has 4 heterocycles. The van der Waals surface area contributed by atoms with Crippen LogP contribution in [0.5, 0.6) is 0 Å². The van der Waals surface area contributed by atoms with Crippen molar-refractivity contribution in [1.82, 2.24) is 9.97 Å². The van der Waals surface area contributed by atoms with Gasteiger partial charge in [0.15, 0.2) is 0 Å². The molecule has 0 amide bonds. The van der Waals surface area contributed by atoms with Gasteiger partial charge in [0.1, 0.15) is 5.82 Å². The molecule has 2 aromatic carbocycles. The minimum atomic E-state index is 0.902. The lowest BCUT2D eigenvalue weighted by molar-refractivity contribution is 0.961. The Balaban J connectivity index is 1.56. The Hall–Kier alpha value is -3.46. The maximum atomic E-state index is 4.79. The molecule has 2 aromatic heterocycles. The van der Waals surface area contributed by atoms with Gasteiger partial charge in [-0.05, 0) is 63.1 Å². The first-order chi connectivity index (χ1) is 13.9. The average Bonchev–Trinajstić information content (AvgIpc) is 3.12. The minimum Gasteiger partial charge on any atom is -0.294 e. The van der Waals surface area contributed by atoms with Crippen molar-refractivity contribution in [3.05, 3.63) is 101 Å². The molecule has 3 nitrogen and oxygen atoms in total. The second-order valence-electron chi connectivity index (χ2n) is 7.91. The molecule has 1 aliphatic carbocycles. The minimum absolute atomic E-state index is 0.902. The Morgan fingerprint density at radius 2 is 1.54 bits per heavy atom. The smallest absolute Gasteiger partial charge is 0.141 e. The van der Waals surface area contributed by atoms with E-state index >= 15 is 0 Å². The molecule has 0 fully saturated rings. The molecule has 0 radical (unpaired) electrons. The fraction of sp³-hybridized carbons (Fsp3) is 0.120. The normalized spacial score (nSPS) is 14.6. The second kappa shape index (κ2) is 5.08. The Morgan fingerprint density at radius 1 is 0.714 bits per heavy atom. The van der Waals surface area contributed by atoms with Crippen LogP contribution in [-0.4, -0.2) is 9.97 Å². The zero-order valence-corrected chi connectivity index (χ0v) is 15.3. The summed E-state index contributed by atoms with van der Waals surface area (Å²) in [5.41, 5.74) is 13.5. The highest BCUT2D eigenvalue weighted by Gasteiger charge is 2.35. The lowest BCUT2D eigenvalue weighted by Crippen LogP contribution is -2.26. The molecule has 0 saturated carbocycles. The molecule has 0 bridgehead atoms. The Kier molecular flexibility index (Phi) is 2.64. The molecule has 4 aromatic rings. The van der Waals surface area contributed by atoms with Gasteiger partial charge in [-0.1, -0.05) is 36.4 Å². The van der Waals surface area contributed by atoms with Gasteiger partial charge in [-0.3, -0.25) is 9.88 Å². The van der Waals surface area contributed by atoms with Crippen molar-refractivity contribution in [3.63, 3.8) is 0 Å². The van der Waals surface area contributed by atoms with Crippen molar-refractivity contribution in [2.45, 2.75) is 19.3 Å². The van der Waals surface area contributed by atoms with Crippen molar-refractivity contribution < 1.29 is 0 Å². The number of pyridine rings is 2. The quantitative estimate of drug-likeness (QED) is 0.367. The first-order valence-electron chi connectivity index (χ1n) is 9.81. The maximum absolute atomic E-state index is 4.79. The van der Waals surface area contributed by atoms with Crippen molar-refractivity contribution in [3.8, 4) is 11.1 Å².